The summed E-state index contributed by atoms with van der Waals surface area (Å²) in [6.07, 6.45) is 6.81. The van der Waals surface area contributed by atoms with Crippen LogP contribution in [0.2, 0.25) is 0 Å². The highest BCUT2D eigenvalue weighted by Crippen LogP contribution is 2.33. The molecule has 1 heterocycles. The van der Waals surface area contributed by atoms with E-state index in [4.69, 9.17) is 10.5 Å². The van der Waals surface area contributed by atoms with Gasteiger partial charge in [0.2, 0.25) is 5.88 Å². The molecule has 1 fully saturated rings. The zero-order chi connectivity index (χ0) is 13.0. The minimum Gasteiger partial charge on any atom is -0.473 e. The summed E-state index contributed by atoms with van der Waals surface area (Å²) in [6.45, 7) is 4.80. The van der Waals surface area contributed by atoms with E-state index < -0.39 is 0 Å². The average Bonchev–Trinajstić information content (AvgIpc) is 3.12. The monoisotopic (exact) mass is 250 g/mol. The fraction of sp³-hybridized carbons (Fsp3) is 0.692. The topological polar surface area (TPSA) is 73.1 Å². The summed E-state index contributed by atoms with van der Waals surface area (Å²) in [7, 11) is 0. The lowest BCUT2D eigenvalue weighted by Gasteiger charge is -2.13. The van der Waals surface area contributed by atoms with Crippen molar-refractivity contribution in [3.8, 4) is 5.88 Å². The molecular weight excluding hydrogens is 228 g/mol. The highest BCUT2D eigenvalue weighted by molar-refractivity contribution is 5.66. The van der Waals surface area contributed by atoms with Crippen LogP contribution in [0.4, 0.5) is 11.5 Å². The van der Waals surface area contributed by atoms with Gasteiger partial charge in [-0.05, 0) is 32.6 Å². The molecule has 0 amide bonds. The molecule has 1 saturated carbocycles. The van der Waals surface area contributed by atoms with Crippen LogP contribution < -0.4 is 15.8 Å². The van der Waals surface area contributed by atoms with Crippen LogP contribution in [-0.2, 0) is 0 Å². The highest BCUT2D eigenvalue weighted by atomic mass is 16.5. The third-order valence-electron chi connectivity index (χ3n) is 2.97. The van der Waals surface area contributed by atoms with Gasteiger partial charge in [-0.2, -0.15) is 4.98 Å². The number of nitrogen functional groups attached to an aromatic ring is 1. The summed E-state index contributed by atoms with van der Waals surface area (Å²) >= 11 is 0. The van der Waals surface area contributed by atoms with E-state index in [9.17, 15) is 0 Å². The molecule has 0 bridgehead atoms. The van der Waals surface area contributed by atoms with Gasteiger partial charge in [0.1, 0.15) is 12.0 Å². The van der Waals surface area contributed by atoms with Gasteiger partial charge in [-0.25, -0.2) is 4.98 Å². The van der Waals surface area contributed by atoms with Gasteiger partial charge in [0.25, 0.3) is 0 Å². The van der Waals surface area contributed by atoms with E-state index in [0.29, 0.717) is 17.4 Å². The van der Waals surface area contributed by atoms with Crippen LogP contribution in [0.25, 0.3) is 0 Å². The predicted molar refractivity (Wildman–Crippen MR) is 72.7 cm³/mol. The average molecular weight is 250 g/mol. The Bertz CT molecular complexity index is 391. The van der Waals surface area contributed by atoms with Gasteiger partial charge >= 0.3 is 0 Å². The van der Waals surface area contributed by atoms with Gasteiger partial charge in [0, 0.05) is 6.54 Å². The Hall–Kier alpha value is -1.52. The second-order valence-electron chi connectivity index (χ2n) is 5.12. The van der Waals surface area contributed by atoms with Gasteiger partial charge in [-0.15, -0.1) is 0 Å². The highest BCUT2D eigenvalue weighted by Gasteiger charge is 2.20. The molecule has 100 valence electrons. The lowest BCUT2D eigenvalue weighted by Crippen LogP contribution is -2.12. The molecule has 3 N–H and O–H groups in total. The molecule has 5 nitrogen and oxygen atoms in total. The Kier molecular flexibility index (Phi) is 4.23. The SMILES string of the molecule is CC(C)Oc1ncnc(NCCCC2CC2)c1N. The molecule has 1 aromatic rings. The first-order valence-electron chi connectivity index (χ1n) is 6.68. The van der Waals surface area contributed by atoms with Gasteiger partial charge in [-0.1, -0.05) is 12.8 Å². The number of rotatable bonds is 7. The van der Waals surface area contributed by atoms with Crippen LogP contribution >= 0.6 is 0 Å². The summed E-state index contributed by atoms with van der Waals surface area (Å²) in [5, 5.41) is 3.25. The Balaban J connectivity index is 1.86. The maximum atomic E-state index is 5.97. The third kappa shape index (κ3) is 3.75. The molecule has 0 spiro atoms. The quantitative estimate of drug-likeness (QED) is 0.727. The summed E-state index contributed by atoms with van der Waals surface area (Å²) in [5.41, 5.74) is 6.47. The zero-order valence-electron chi connectivity index (χ0n) is 11.1. The summed E-state index contributed by atoms with van der Waals surface area (Å²) in [4.78, 5) is 8.20. The fourth-order valence-corrected chi connectivity index (χ4v) is 1.84. The first-order chi connectivity index (χ1) is 8.66. The number of hydrogen-bond acceptors (Lipinski definition) is 5. The fourth-order valence-electron chi connectivity index (χ4n) is 1.84. The zero-order valence-corrected chi connectivity index (χ0v) is 11.1. The number of hydrogen-bond donors (Lipinski definition) is 2. The number of nitrogens with zero attached hydrogens (tertiary/aromatic N) is 2. The molecule has 1 aliphatic rings. The van der Waals surface area contributed by atoms with Crippen molar-refractivity contribution in [2.75, 3.05) is 17.6 Å². The van der Waals surface area contributed by atoms with E-state index in [2.05, 4.69) is 15.3 Å². The smallest absolute Gasteiger partial charge is 0.242 e. The second kappa shape index (κ2) is 5.89. The number of nitrogens with two attached hydrogens (primary N) is 1. The van der Waals surface area contributed by atoms with E-state index in [-0.39, 0.29) is 6.10 Å². The molecule has 0 aromatic carbocycles. The van der Waals surface area contributed by atoms with Crippen LogP contribution in [0.1, 0.15) is 39.5 Å². The van der Waals surface area contributed by atoms with Crippen molar-refractivity contribution >= 4 is 11.5 Å². The van der Waals surface area contributed by atoms with Crippen LogP contribution in [0.15, 0.2) is 6.33 Å². The summed E-state index contributed by atoms with van der Waals surface area (Å²) in [6, 6.07) is 0. The predicted octanol–water partition coefficient (Wildman–Crippen LogP) is 2.45. The van der Waals surface area contributed by atoms with E-state index >= 15 is 0 Å². The largest absolute Gasteiger partial charge is 0.473 e. The molecule has 0 atom stereocenters. The normalized spacial score (nSPS) is 14.8. The standard InChI is InChI=1S/C13H22N4O/c1-9(2)18-13-11(14)12(16-8-17-13)15-7-3-4-10-5-6-10/h8-10H,3-7,14H2,1-2H3,(H,15,16,17). The minimum atomic E-state index is 0.0601. The van der Waals surface area contributed by atoms with E-state index in [1.54, 1.807) is 0 Å². The first-order valence-corrected chi connectivity index (χ1v) is 6.68. The van der Waals surface area contributed by atoms with Crippen molar-refractivity contribution in [2.24, 2.45) is 5.92 Å². The first kappa shape index (κ1) is 12.9. The number of anilines is 2. The molecule has 2 rings (SSSR count). The van der Waals surface area contributed by atoms with Crippen molar-refractivity contribution in [1.29, 1.82) is 0 Å². The molecule has 5 heteroatoms. The van der Waals surface area contributed by atoms with E-state index in [1.807, 2.05) is 13.8 Å². The maximum absolute atomic E-state index is 5.97. The van der Waals surface area contributed by atoms with E-state index in [1.165, 1.54) is 25.6 Å². The Labute approximate surface area is 108 Å². The van der Waals surface area contributed by atoms with Crippen LogP contribution in [0, 0.1) is 5.92 Å². The molecule has 1 aliphatic carbocycles. The van der Waals surface area contributed by atoms with Crippen molar-refractivity contribution in [1.82, 2.24) is 9.97 Å². The number of aromatic nitrogens is 2. The lowest BCUT2D eigenvalue weighted by atomic mass is 10.2. The Morgan fingerprint density at radius 1 is 1.44 bits per heavy atom. The van der Waals surface area contributed by atoms with Crippen molar-refractivity contribution in [3.05, 3.63) is 6.33 Å². The molecule has 0 aliphatic heterocycles. The van der Waals surface area contributed by atoms with Crippen molar-refractivity contribution in [2.45, 2.75) is 45.6 Å². The minimum absolute atomic E-state index is 0.0601. The van der Waals surface area contributed by atoms with Crippen LogP contribution in [0.3, 0.4) is 0 Å². The summed E-state index contributed by atoms with van der Waals surface area (Å²) in [5.74, 6) is 2.11. The molecule has 0 unspecified atom stereocenters. The summed E-state index contributed by atoms with van der Waals surface area (Å²) < 4.78 is 5.52. The number of nitrogens with one attached hydrogen (secondary N) is 1. The second-order valence-corrected chi connectivity index (χ2v) is 5.12. The van der Waals surface area contributed by atoms with Crippen LogP contribution in [-0.4, -0.2) is 22.6 Å². The van der Waals surface area contributed by atoms with Crippen molar-refractivity contribution in [3.63, 3.8) is 0 Å². The Morgan fingerprint density at radius 2 is 2.22 bits per heavy atom. The molecular formula is C13H22N4O. The van der Waals surface area contributed by atoms with Gasteiger partial charge in [0.05, 0.1) is 6.10 Å². The maximum Gasteiger partial charge on any atom is 0.242 e. The lowest BCUT2D eigenvalue weighted by molar-refractivity contribution is 0.234. The van der Waals surface area contributed by atoms with Gasteiger partial charge in [-0.3, -0.25) is 0 Å². The molecule has 0 saturated heterocycles. The third-order valence-corrected chi connectivity index (χ3v) is 2.97. The van der Waals surface area contributed by atoms with E-state index in [0.717, 1.165) is 18.9 Å². The number of ether oxygens (including phenoxy) is 1. The molecule has 1 aromatic heterocycles. The van der Waals surface area contributed by atoms with Gasteiger partial charge in [0.15, 0.2) is 5.82 Å². The van der Waals surface area contributed by atoms with Crippen molar-refractivity contribution < 1.29 is 4.74 Å². The van der Waals surface area contributed by atoms with Crippen LogP contribution in [0.5, 0.6) is 5.88 Å². The molecule has 18 heavy (non-hydrogen) atoms. The Morgan fingerprint density at radius 3 is 2.89 bits per heavy atom. The van der Waals surface area contributed by atoms with Gasteiger partial charge < -0.3 is 15.8 Å². The molecule has 0 radical (unpaired) electrons.